The lowest BCUT2D eigenvalue weighted by molar-refractivity contribution is -0.0647. The zero-order valence-corrected chi connectivity index (χ0v) is 25.6. The zero-order valence-electron chi connectivity index (χ0n) is 24.6. The number of nitrogens with zero attached hydrogens (tertiary/aromatic N) is 1. The molecule has 2 N–H and O–H groups in total. The van der Waals surface area contributed by atoms with Crippen LogP contribution in [0.1, 0.15) is 109 Å². The molecule has 4 heteroatoms. The summed E-state index contributed by atoms with van der Waals surface area (Å²) in [6.45, 7) is 16.7. The molecule has 0 radical (unpaired) electrons. The van der Waals surface area contributed by atoms with Crippen molar-refractivity contribution in [2.75, 3.05) is 13.1 Å². The van der Waals surface area contributed by atoms with Gasteiger partial charge in [0.05, 0.1) is 0 Å². The van der Waals surface area contributed by atoms with Crippen molar-refractivity contribution < 1.29 is 10.2 Å². The van der Waals surface area contributed by atoms with Crippen molar-refractivity contribution in [2.24, 2.45) is 17.3 Å². The molecule has 206 valence electrons. The topological polar surface area (TPSA) is 43.7 Å². The van der Waals surface area contributed by atoms with Crippen molar-refractivity contribution in [3.8, 4) is 17.2 Å². The van der Waals surface area contributed by atoms with Gasteiger partial charge in [-0.25, -0.2) is 0 Å². The van der Waals surface area contributed by atoms with Crippen LogP contribution in [0.3, 0.4) is 0 Å². The first-order chi connectivity index (χ1) is 17.7. The Morgan fingerprint density at radius 1 is 0.973 bits per heavy atom. The number of hydrogen-bond donors (Lipinski definition) is 2. The summed E-state index contributed by atoms with van der Waals surface area (Å²) < 4.78 is 0. The van der Waals surface area contributed by atoms with Crippen LogP contribution >= 0.6 is 0 Å². The number of aryl methyl sites for hydroxylation is 1. The van der Waals surface area contributed by atoms with Crippen LogP contribution in [0.15, 0.2) is 12.1 Å². The van der Waals surface area contributed by atoms with Crippen LogP contribution in [-0.2, 0) is 13.0 Å². The molecule has 3 aliphatic rings. The van der Waals surface area contributed by atoms with Gasteiger partial charge >= 0.3 is 0 Å². The van der Waals surface area contributed by atoms with E-state index in [9.17, 15) is 10.2 Å². The van der Waals surface area contributed by atoms with Crippen LogP contribution in [0.25, 0.3) is 0 Å². The fourth-order valence-corrected chi connectivity index (χ4v) is 10.9. The van der Waals surface area contributed by atoms with E-state index in [1.807, 2.05) is 0 Å². The highest BCUT2D eigenvalue weighted by Gasteiger charge is 2.61. The third-order valence-electron chi connectivity index (χ3n) is 11.1. The van der Waals surface area contributed by atoms with Crippen molar-refractivity contribution in [3.63, 3.8) is 0 Å². The summed E-state index contributed by atoms with van der Waals surface area (Å²) in [5.41, 5.74) is 6.79. The second kappa shape index (κ2) is 11.4. The number of fused-ring (bicyclic) bond motifs is 5. The molecule has 4 rings (SSSR count). The molecule has 3 aliphatic carbocycles. The quantitative estimate of drug-likeness (QED) is 0.258. The Hall–Kier alpha value is -1.28. The Morgan fingerprint density at radius 3 is 2.27 bits per heavy atom. The van der Waals surface area contributed by atoms with Crippen molar-refractivity contribution in [1.82, 2.24) is 4.90 Å². The minimum Gasteiger partial charge on any atom is -0.508 e. The van der Waals surface area contributed by atoms with Gasteiger partial charge in [0.25, 0.3) is 0 Å². The minimum atomic E-state index is -1.59. The Bertz CT molecular complexity index is 993. The SMILES string of the molecule is CCCN(CCC)Cc1cc2c(cc1O)CC[C@@H]1[C@@H]2CC[C@@]2(C)[C@H]1CC[C@@]2(O)C#C[Si](CC)(CC)CC. The highest BCUT2D eigenvalue weighted by Crippen LogP contribution is 2.64. The van der Waals surface area contributed by atoms with Gasteiger partial charge in [-0.15, -0.1) is 5.54 Å². The van der Waals surface area contributed by atoms with E-state index in [0.29, 0.717) is 23.5 Å². The van der Waals surface area contributed by atoms with E-state index in [-0.39, 0.29) is 5.41 Å². The zero-order chi connectivity index (χ0) is 26.8. The van der Waals surface area contributed by atoms with E-state index in [1.54, 1.807) is 0 Å². The number of rotatable bonds is 9. The second-order valence-corrected chi connectivity index (χ2v) is 17.7. The van der Waals surface area contributed by atoms with Gasteiger partial charge in [0, 0.05) is 17.5 Å². The summed E-state index contributed by atoms with van der Waals surface area (Å²) >= 11 is 0. The molecular weight excluding hydrogens is 470 g/mol. The fraction of sp³-hybridized carbons (Fsp3) is 0.758. The second-order valence-electron chi connectivity index (χ2n) is 12.8. The molecule has 0 saturated heterocycles. The number of phenolic OH excluding ortho intramolecular Hbond substituents is 1. The van der Waals surface area contributed by atoms with E-state index < -0.39 is 13.7 Å². The third-order valence-corrected chi connectivity index (χ3v) is 15.8. The van der Waals surface area contributed by atoms with E-state index in [2.05, 4.69) is 70.0 Å². The Kier molecular flexibility index (Phi) is 8.89. The predicted octanol–water partition coefficient (Wildman–Crippen LogP) is 7.65. The molecule has 37 heavy (non-hydrogen) atoms. The number of phenols is 1. The number of aromatic hydroxyl groups is 1. The molecular formula is C33H53NO2Si. The van der Waals surface area contributed by atoms with Gasteiger partial charge in [-0.2, -0.15) is 0 Å². The molecule has 0 aliphatic heterocycles. The summed E-state index contributed by atoms with van der Waals surface area (Å²) in [4.78, 5) is 2.49. The standard InChI is InChI=1S/C33H53NO2Si/c1-7-19-34(20-8-2)24-26-22-29-25(23-31(26)35)12-13-28-27(29)14-16-32(6)30(28)15-17-33(32,36)18-21-37(9-3,10-4)11-5/h22-23,27-28,30,35-36H,7-17,19-20,24H2,1-6H3/t27-,28+,30-,32-,33+/m0/s1. The monoisotopic (exact) mass is 523 g/mol. The molecule has 0 spiro atoms. The van der Waals surface area contributed by atoms with Crippen molar-refractivity contribution >= 4 is 8.07 Å². The van der Waals surface area contributed by atoms with Crippen molar-refractivity contribution in [3.05, 3.63) is 28.8 Å². The van der Waals surface area contributed by atoms with Crippen molar-refractivity contribution in [1.29, 1.82) is 0 Å². The molecule has 1 aromatic carbocycles. The van der Waals surface area contributed by atoms with Gasteiger partial charge in [-0.1, -0.05) is 53.5 Å². The molecule has 0 unspecified atom stereocenters. The summed E-state index contributed by atoms with van der Waals surface area (Å²) in [5, 5.41) is 23.0. The molecule has 1 aromatic rings. The molecule has 0 bridgehead atoms. The van der Waals surface area contributed by atoms with Crippen LogP contribution in [0.5, 0.6) is 5.75 Å². The highest BCUT2D eigenvalue weighted by atomic mass is 28.3. The largest absolute Gasteiger partial charge is 0.508 e. The molecule has 5 atom stereocenters. The van der Waals surface area contributed by atoms with Gasteiger partial charge in [0.15, 0.2) is 0 Å². The average molecular weight is 524 g/mol. The lowest BCUT2D eigenvalue weighted by atomic mass is 9.53. The Morgan fingerprint density at radius 2 is 1.65 bits per heavy atom. The smallest absolute Gasteiger partial charge is 0.137 e. The molecule has 2 saturated carbocycles. The van der Waals surface area contributed by atoms with Crippen LogP contribution in [0, 0.1) is 28.7 Å². The molecule has 0 aromatic heterocycles. The maximum Gasteiger partial charge on any atom is 0.137 e. The van der Waals surface area contributed by atoms with Crippen LogP contribution in [0.2, 0.25) is 18.1 Å². The van der Waals surface area contributed by atoms with Gasteiger partial charge in [-0.05, 0) is 118 Å². The van der Waals surface area contributed by atoms with Crippen LogP contribution in [-0.4, -0.2) is 41.9 Å². The van der Waals surface area contributed by atoms with E-state index >= 15 is 0 Å². The van der Waals surface area contributed by atoms with Gasteiger partial charge < -0.3 is 10.2 Å². The first-order valence-electron chi connectivity index (χ1n) is 15.5. The number of benzene rings is 1. The summed E-state index contributed by atoms with van der Waals surface area (Å²) in [6.07, 6.45) is 8.62. The van der Waals surface area contributed by atoms with Gasteiger partial charge in [-0.3, -0.25) is 4.90 Å². The maximum absolute atomic E-state index is 12.1. The average Bonchev–Trinajstić information content (AvgIpc) is 3.16. The first kappa shape index (κ1) is 28.7. The number of hydrogen-bond acceptors (Lipinski definition) is 3. The highest BCUT2D eigenvalue weighted by molar-refractivity contribution is 6.87. The summed E-state index contributed by atoms with van der Waals surface area (Å²) in [6, 6.07) is 8.02. The van der Waals surface area contributed by atoms with Gasteiger partial charge in [0.2, 0.25) is 0 Å². The lowest BCUT2D eigenvalue weighted by Gasteiger charge is -2.52. The Labute approximate surface area is 228 Å². The third kappa shape index (κ3) is 5.18. The Balaban J connectivity index is 1.61. The van der Waals surface area contributed by atoms with E-state index in [0.717, 1.165) is 70.1 Å². The van der Waals surface area contributed by atoms with Crippen LogP contribution in [0.4, 0.5) is 0 Å². The first-order valence-corrected chi connectivity index (χ1v) is 18.2. The lowest BCUT2D eigenvalue weighted by Crippen LogP contribution is -2.50. The minimum absolute atomic E-state index is 0.104. The van der Waals surface area contributed by atoms with E-state index in [1.165, 1.54) is 35.7 Å². The fourth-order valence-electron chi connectivity index (χ4n) is 8.40. The molecule has 0 amide bonds. The molecule has 2 fully saturated rings. The molecule has 3 nitrogen and oxygen atoms in total. The van der Waals surface area contributed by atoms with Crippen LogP contribution < -0.4 is 0 Å². The normalized spacial score (nSPS) is 30.9. The molecule has 0 heterocycles. The van der Waals surface area contributed by atoms with Crippen molar-refractivity contribution in [2.45, 2.75) is 129 Å². The maximum atomic E-state index is 12.1. The predicted molar refractivity (Wildman–Crippen MR) is 159 cm³/mol. The van der Waals surface area contributed by atoms with E-state index in [4.69, 9.17) is 0 Å². The number of aliphatic hydroxyl groups is 1. The van der Waals surface area contributed by atoms with Gasteiger partial charge in [0.1, 0.15) is 19.4 Å². The summed E-state index contributed by atoms with van der Waals surface area (Å²) in [7, 11) is -1.59. The summed E-state index contributed by atoms with van der Waals surface area (Å²) in [5.74, 6) is 5.79.